The fourth-order valence-electron chi connectivity index (χ4n) is 1.58. The Labute approximate surface area is 99.5 Å². The number of nitrogen functional groups attached to an aromatic ring is 1. The number of hydrogen-bond acceptors (Lipinski definition) is 4. The molecule has 0 saturated heterocycles. The van der Waals surface area contributed by atoms with Crippen molar-refractivity contribution in [3.05, 3.63) is 35.6 Å². The molecule has 1 aromatic heterocycles. The molecule has 18 heavy (non-hydrogen) atoms. The van der Waals surface area contributed by atoms with Crippen LogP contribution in [0.15, 0.2) is 28.9 Å². The second-order valence-corrected chi connectivity index (χ2v) is 3.41. The fourth-order valence-corrected chi connectivity index (χ4v) is 1.58. The normalized spacial score (nSPS) is 11.2. The van der Waals surface area contributed by atoms with Gasteiger partial charge in [0, 0.05) is 5.56 Å². The van der Waals surface area contributed by atoms with Crippen LogP contribution in [0, 0.1) is 11.3 Å². The predicted octanol–water partition coefficient (Wildman–Crippen LogP) is 2.81. The first kappa shape index (κ1) is 12.0. The molecule has 4 nitrogen and oxygen atoms in total. The predicted molar refractivity (Wildman–Crippen MR) is 56.1 cm³/mol. The third-order valence-electron chi connectivity index (χ3n) is 2.27. The summed E-state index contributed by atoms with van der Waals surface area (Å²) in [6.07, 6.45) is -3.64. The van der Waals surface area contributed by atoms with E-state index in [2.05, 4.69) is 9.40 Å². The van der Waals surface area contributed by atoms with Crippen molar-refractivity contribution in [2.75, 3.05) is 5.73 Å². The van der Waals surface area contributed by atoms with Gasteiger partial charge < -0.3 is 10.2 Å². The molecule has 0 spiro atoms. The van der Waals surface area contributed by atoms with E-state index in [4.69, 9.17) is 11.0 Å². The Kier molecular flexibility index (Phi) is 2.71. The Hall–Kier alpha value is -2.49. The summed E-state index contributed by atoms with van der Waals surface area (Å²) in [6, 6.07) is 4.92. The van der Waals surface area contributed by atoms with Gasteiger partial charge >= 0.3 is 6.18 Å². The van der Waals surface area contributed by atoms with E-state index in [-0.39, 0.29) is 17.3 Å². The summed E-state index contributed by atoms with van der Waals surface area (Å²) in [5.41, 5.74) is 3.42. The molecule has 2 N–H and O–H groups in total. The van der Waals surface area contributed by atoms with Crippen LogP contribution in [0.5, 0.6) is 0 Å². The second kappa shape index (κ2) is 4.07. The minimum Gasteiger partial charge on any atom is -0.432 e. The summed E-state index contributed by atoms with van der Waals surface area (Å²) in [5, 5.41) is 8.74. The van der Waals surface area contributed by atoms with Gasteiger partial charge in [-0.25, -0.2) is 0 Å². The van der Waals surface area contributed by atoms with Crippen molar-refractivity contribution in [3.8, 4) is 17.3 Å². The molecular weight excluding hydrogens is 247 g/mol. The zero-order chi connectivity index (χ0) is 13.3. The Morgan fingerprint density at radius 2 is 2.06 bits per heavy atom. The lowest BCUT2D eigenvalue weighted by Gasteiger charge is -2.12. The Morgan fingerprint density at radius 1 is 1.33 bits per heavy atom. The van der Waals surface area contributed by atoms with Gasteiger partial charge in [0.15, 0.2) is 0 Å². The van der Waals surface area contributed by atoms with Gasteiger partial charge in [0.05, 0.1) is 17.2 Å². The van der Waals surface area contributed by atoms with Crippen LogP contribution in [0.2, 0.25) is 0 Å². The molecule has 1 aromatic carbocycles. The SMILES string of the molecule is N#Cc1cccc(-c2coc(N)n2)c1C(F)(F)F. The van der Waals surface area contributed by atoms with Crippen molar-refractivity contribution in [2.45, 2.75) is 6.18 Å². The highest BCUT2D eigenvalue weighted by Gasteiger charge is 2.37. The lowest BCUT2D eigenvalue weighted by molar-refractivity contribution is -0.137. The van der Waals surface area contributed by atoms with E-state index in [1.165, 1.54) is 18.2 Å². The van der Waals surface area contributed by atoms with Gasteiger partial charge in [0.25, 0.3) is 6.01 Å². The third kappa shape index (κ3) is 2.00. The van der Waals surface area contributed by atoms with E-state index in [1.807, 2.05) is 0 Å². The zero-order valence-electron chi connectivity index (χ0n) is 8.82. The lowest BCUT2D eigenvalue weighted by Crippen LogP contribution is -2.10. The number of rotatable bonds is 1. The van der Waals surface area contributed by atoms with Crippen molar-refractivity contribution in [1.82, 2.24) is 4.98 Å². The highest BCUT2D eigenvalue weighted by molar-refractivity contribution is 5.68. The van der Waals surface area contributed by atoms with Gasteiger partial charge in [-0.15, -0.1) is 0 Å². The van der Waals surface area contributed by atoms with Crippen LogP contribution in [-0.2, 0) is 6.18 Å². The highest BCUT2D eigenvalue weighted by Crippen LogP contribution is 2.38. The number of benzene rings is 1. The minimum absolute atomic E-state index is 0.0584. The van der Waals surface area contributed by atoms with Gasteiger partial charge in [0.1, 0.15) is 12.0 Å². The molecule has 0 bridgehead atoms. The van der Waals surface area contributed by atoms with Crippen LogP contribution >= 0.6 is 0 Å². The highest BCUT2D eigenvalue weighted by atomic mass is 19.4. The molecular formula is C11H6F3N3O. The topological polar surface area (TPSA) is 75.8 Å². The quantitative estimate of drug-likeness (QED) is 0.847. The summed E-state index contributed by atoms with van der Waals surface area (Å²) >= 11 is 0. The Bertz CT molecular complexity index is 625. The average Bonchev–Trinajstić information content (AvgIpc) is 2.73. The third-order valence-corrected chi connectivity index (χ3v) is 2.27. The molecule has 7 heteroatoms. The van der Waals surface area contributed by atoms with E-state index in [0.717, 1.165) is 12.3 Å². The lowest BCUT2D eigenvalue weighted by atomic mass is 9.99. The van der Waals surface area contributed by atoms with Crippen molar-refractivity contribution in [3.63, 3.8) is 0 Å². The largest absolute Gasteiger partial charge is 0.432 e. The molecule has 0 radical (unpaired) electrons. The standard InChI is InChI=1S/C11H6F3N3O/c12-11(13,14)9-6(4-15)2-1-3-7(9)8-5-18-10(16)17-8/h1-3,5H,(H2,16,17). The molecule has 0 amide bonds. The molecule has 0 aliphatic rings. The van der Waals surface area contributed by atoms with E-state index in [0.29, 0.717) is 0 Å². The van der Waals surface area contributed by atoms with Crippen LogP contribution in [0.25, 0.3) is 11.3 Å². The minimum atomic E-state index is -4.66. The number of anilines is 1. The van der Waals surface area contributed by atoms with E-state index < -0.39 is 17.3 Å². The van der Waals surface area contributed by atoms with Gasteiger partial charge in [-0.3, -0.25) is 0 Å². The molecule has 0 unspecified atom stereocenters. The smallest absolute Gasteiger partial charge is 0.418 e. The molecule has 0 aliphatic carbocycles. The summed E-state index contributed by atoms with van der Waals surface area (Å²) in [4.78, 5) is 3.63. The van der Waals surface area contributed by atoms with Crippen LogP contribution in [0.1, 0.15) is 11.1 Å². The van der Waals surface area contributed by atoms with Gasteiger partial charge in [-0.2, -0.15) is 23.4 Å². The summed E-state index contributed by atoms with van der Waals surface area (Å²) in [5.74, 6) is 0. The number of nitriles is 1. The Morgan fingerprint density at radius 3 is 2.56 bits per heavy atom. The van der Waals surface area contributed by atoms with E-state index >= 15 is 0 Å². The molecule has 92 valence electrons. The monoisotopic (exact) mass is 253 g/mol. The first-order chi connectivity index (χ1) is 8.43. The van der Waals surface area contributed by atoms with Crippen molar-refractivity contribution in [2.24, 2.45) is 0 Å². The van der Waals surface area contributed by atoms with Crippen molar-refractivity contribution >= 4 is 6.01 Å². The number of halogens is 3. The molecule has 2 aromatic rings. The number of alkyl halides is 3. The second-order valence-electron chi connectivity index (χ2n) is 3.41. The fraction of sp³-hybridized carbons (Fsp3) is 0.0909. The van der Waals surface area contributed by atoms with Gasteiger partial charge in [-0.05, 0) is 6.07 Å². The molecule has 0 aliphatic heterocycles. The maximum absolute atomic E-state index is 12.9. The molecule has 0 saturated carbocycles. The van der Waals surface area contributed by atoms with Gasteiger partial charge in [-0.1, -0.05) is 12.1 Å². The van der Waals surface area contributed by atoms with Crippen molar-refractivity contribution in [1.29, 1.82) is 5.26 Å². The molecule has 2 rings (SSSR count). The van der Waals surface area contributed by atoms with Crippen LogP contribution in [-0.4, -0.2) is 4.98 Å². The first-order valence-electron chi connectivity index (χ1n) is 4.75. The molecule has 1 heterocycles. The number of oxazole rings is 1. The maximum Gasteiger partial charge on any atom is 0.418 e. The number of nitrogens with zero attached hydrogens (tertiary/aromatic N) is 2. The van der Waals surface area contributed by atoms with E-state index in [1.54, 1.807) is 0 Å². The summed E-state index contributed by atoms with van der Waals surface area (Å²) in [7, 11) is 0. The summed E-state index contributed by atoms with van der Waals surface area (Å²) < 4.78 is 43.5. The van der Waals surface area contributed by atoms with Crippen molar-refractivity contribution < 1.29 is 17.6 Å². The van der Waals surface area contributed by atoms with Crippen LogP contribution in [0.4, 0.5) is 19.2 Å². The van der Waals surface area contributed by atoms with E-state index in [9.17, 15) is 13.2 Å². The van der Waals surface area contributed by atoms with Crippen LogP contribution < -0.4 is 5.73 Å². The number of nitrogens with two attached hydrogens (primary N) is 1. The zero-order valence-corrected chi connectivity index (χ0v) is 8.82. The Balaban J connectivity index is 2.72. The van der Waals surface area contributed by atoms with Crippen LogP contribution in [0.3, 0.4) is 0 Å². The maximum atomic E-state index is 12.9. The molecule has 0 fully saturated rings. The molecule has 0 atom stereocenters. The number of aromatic nitrogens is 1. The van der Waals surface area contributed by atoms with Gasteiger partial charge in [0.2, 0.25) is 0 Å². The summed E-state index contributed by atoms with van der Waals surface area (Å²) in [6.45, 7) is 0. The number of hydrogen-bond donors (Lipinski definition) is 1. The average molecular weight is 253 g/mol. The first-order valence-corrected chi connectivity index (χ1v) is 4.75.